The fraction of sp³-hybridized carbons (Fsp3) is 0.348. The number of nitrogens with zero attached hydrogens (tertiary/aromatic N) is 2. The smallest absolute Gasteiger partial charge is 0.123 e. The molecule has 3 nitrogen and oxygen atoms in total. The first kappa shape index (κ1) is 17.9. The Hall–Kier alpha value is -2.46. The van der Waals surface area contributed by atoms with Crippen LogP contribution in [0, 0.1) is 5.82 Å². The SMILES string of the molecule is C[C@H](CN1CCC(c2[nH]ncc2-c2cccc(F)c2)CC1)c1ccccc1. The fourth-order valence-electron chi connectivity index (χ4n) is 4.17. The van der Waals surface area contributed by atoms with Gasteiger partial charge >= 0.3 is 0 Å². The van der Waals surface area contributed by atoms with Crippen LogP contribution in [0.15, 0.2) is 60.8 Å². The second-order valence-corrected chi connectivity index (χ2v) is 7.59. The molecule has 1 aliphatic rings. The molecular weight excluding hydrogens is 337 g/mol. The van der Waals surface area contributed by atoms with Crippen LogP contribution in [0.5, 0.6) is 0 Å². The van der Waals surface area contributed by atoms with E-state index in [2.05, 4.69) is 52.4 Å². The molecule has 1 atom stereocenters. The number of halogens is 1. The molecule has 2 aromatic carbocycles. The van der Waals surface area contributed by atoms with E-state index in [9.17, 15) is 4.39 Å². The Morgan fingerprint density at radius 2 is 1.89 bits per heavy atom. The maximum absolute atomic E-state index is 13.6. The van der Waals surface area contributed by atoms with E-state index < -0.39 is 0 Å². The molecule has 0 radical (unpaired) electrons. The largest absolute Gasteiger partial charge is 0.303 e. The molecule has 0 unspecified atom stereocenters. The topological polar surface area (TPSA) is 31.9 Å². The average Bonchev–Trinajstić information content (AvgIpc) is 3.19. The second-order valence-electron chi connectivity index (χ2n) is 7.59. The van der Waals surface area contributed by atoms with E-state index in [0.29, 0.717) is 11.8 Å². The molecule has 2 heterocycles. The van der Waals surface area contributed by atoms with E-state index in [4.69, 9.17) is 0 Å². The zero-order chi connectivity index (χ0) is 18.6. The van der Waals surface area contributed by atoms with Crippen LogP contribution in [0.4, 0.5) is 4.39 Å². The van der Waals surface area contributed by atoms with Crippen LogP contribution < -0.4 is 0 Å². The van der Waals surface area contributed by atoms with E-state index in [1.807, 2.05) is 12.3 Å². The Morgan fingerprint density at radius 3 is 2.63 bits per heavy atom. The zero-order valence-electron chi connectivity index (χ0n) is 15.7. The lowest BCUT2D eigenvalue weighted by Gasteiger charge is -2.33. The molecule has 1 aromatic heterocycles. The van der Waals surface area contributed by atoms with Gasteiger partial charge in [0.1, 0.15) is 5.82 Å². The third-order valence-corrected chi connectivity index (χ3v) is 5.70. The molecule has 4 rings (SSSR count). The van der Waals surface area contributed by atoms with Crippen molar-refractivity contribution in [1.82, 2.24) is 15.1 Å². The third-order valence-electron chi connectivity index (χ3n) is 5.70. The maximum Gasteiger partial charge on any atom is 0.123 e. The Balaban J connectivity index is 1.40. The van der Waals surface area contributed by atoms with Gasteiger partial charge in [0.2, 0.25) is 0 Å². The van der Waals surface area contributed by atoms with Crippen molar-refractivity contribution in [3.05, 3.63) is 77.9 Å². The van der Waals surface area contributed by atoms with Gasteiger partial charge in [-0.3, -0.25) is 5.10 Å². The highest BCUT2D eigenvalue weighted by molar-refractivity contribution is 5.65. The van der Waals surface area contributed by atoms with Crippen LogP contribution in [0.3, 0.4) is 0 Å². The van der Waals surface area contributed by atoms with Gasteiger partial charge in [-0.05, 0) is 55.1 Å². The molecule has 1 fully saturated rings. The molecule has 0 bridgehead atoms. The summed E-state index contributed by atoms with van der Waals surface area (Å²) >= 11 is 0. The summed E-state index contributed by atoms with van der Waals surface area (Å²) in [5, 5.41) is 7.43. The van der Waals surface area contributed by atoms with Gasteiger partial charge in [-0.2, -0.15) is 5.10 Å². The molecule has 1 aliphatic heterocycles. The number of hydrogen-bond acceptors (Lipinski definition) is 2. The van der Waals surface area contributed by atoms with Gasteiger partial charge in [-0.1, -0.05) is 49.4 Å². The number of benzene rings is 2. The summed E-state index contributed by atoms with van der Waals surface area (Å²) in [5.41, 5.74) is 4.49. The Kier molecular flexibility index (Phi) is 5.35. The first-order valence-corrected chi connectivity index (χ1v) is 9.77. The summed E-state index contributed by atoms with van der Waals surface area (Å²) in [6.45, 7) is 5.57. The molecule has 3 aromatic rings. The molecule has 0 aliphatic carbocycles. The number of H-pyrrole nitrogens is 1. The van der Waals surface area contributed by atoms with Crippen LogP contribution in [0.2, 0.25) is 0 Å². The summed E-state index contributed by atoms with van der Waals surface area (Å²) in [4.78, 5) is 2.56. The van der Waals surface area contributed by atoms with Crippen LogP contribution in [-0.2, 0) is 0 Å². The highest BCUT2D eigenvalue weighted by Crippen LogP contribution is 2.34. The number of aromatic nitrogens is 2. The lowest BCUT2D eigenvalue weighted by molar-refractivity contribution is 0.202. The highest BCUT2D eigenvalue weighted by Gasteiger charge is 2.25. The van der Waals surface area contributed by atoms with E-state index in [1.54, 1.807) is 12.1 Å². The molecular formula is C23H26FN3. The van der Waals surface area contributed by atoms with Crippen molar-refractivity contribution >= 4 is 0 Å². The van der Waals surface area contributed by atoms with Crippen molar-refractivity contribution in [2.24, 2.45) is 0 Å². The number of aromatic amines is 1. The lowest BCUT2D eigenvalue weighted by Crippen LogP contribution is -2.35. The standard InChI is InChI=1S/C23H26FN3/c1-17(18-6-3-2-4-7-18)16-27-12-10-19(11-13-27)23-22(15-25-26-23)20-8-5-9-21(24)14-20/h2-9,14-15,17,19H,10-13,16H2,1H3,(H,25,26)/t17-/m1/s1. The van der Waals surface area contributed by atoms with Crippen molar-refractivity contribution in [2.75, 3.05) is 19.6 Å². The first-order chi connectivity index (χ1) is 13.2. The molecule has 140 valence electrons. The van der Waals surface area contributed by atoms with Gasteiger partial charge in [0.25, 0.3) is 0 Å². The second kappa shape index (κ2) is 8.05. The van der Waals surface area contributed by atoms with Crippen LogP contribution in [-0.4, -0.2) is 34.7 Å². The molecule has 0 spiro atoms. The fourth-order valence-corrected chi connectivity index (χ4v) is 4.17. The minimum absolute atomic E-state index is 0.204. The van der Waals surface area contributed by atoms with Gasteiger partial charge in [0.15, 0.2) is 0 Å². The van der Waals surface area contributed by atoms with Gasteiger partial charge < -0.3 is 4.90 Å². The summed E-state index contributed by atoms with van der Waals surface area (Å²) in [6.07, 6.45) is 4.03. The lowest BCUT2D eigenvalue weighted by atomic mass is 9.89. The van der Waals surface area contributed by atoms with Crippen LogP contribution >= 0.6 is 0 Å². The quantitative estimate of drug-likeness (QED) is 0.676. The van der Waals surface area contributed by atoms with Gasteiger partial charge in [0.05, 0.1) is 6.20 Å². The number of nitrogens with one attached hydrogen (secondary N) is 1. The zero-order valence-corrected chi connectivity index (χ0v) is 15.7. The Bertz CT molecular complexity index is 866. The van der Waals surface area contributed by atoms with Crippen molar-refractivity contribution in [1.29, 1.82) is 0 Å². The van der Waals surface area contributed by atoms with E-state index >= 15 is 0 Å². The molecule has 1 saturated heterocycles. The molecule has 0 amide bonds. The van der Waals surface area contributed by atoms with E-state index in [0.717, 1.165) is 49.3 Å². The maximum atomic E-state index is 13.6. The van der Waals surface area contributed by atoms with Crippen LogP contribution in [0.25, 0.3) is 11.1 Å². The Labute approximate surface area is 160 Å². The summed E-state index contributed by atoms with van der Waals surface area (Å²) < 4.78 is 13.6. The monoisotopic (exact) mass is 363 g/mol. The minimum Gasteiger partial charge on any atom is -0.303 e. The average molecular weight is 363 g/mol. The predicted octanol–water partition coefficient (Wildman–Crippen LogP) is 5.20. The normalized spacial score (nSPS) is 17.1. The van der Waals surface area contributed by atoms with E-state index in [1.165, 1.54) is 11.6 Å². The number of piperidine rings is 1. The van der Waals surface area contributed by atoms with Gasteiger partial charge in [-0.15, -0.1) is 0 Å². The van der Waals surface area contributed by atoms with Crippen molar-refractivity contribution in [3.63, 3.8) is 0 Å². The van der Waals surface area contributed by atoms with Crippen molar-refractivity contribution < 1.29 is 4.39 Å². The van der Waals surface area contributed by atoms with Crippen LogP contribution in [0.1, 0.15) is 42.9 Å². The Morgan fingerprint density at radius 1 is 1.11 bits per heavy atom. The first-order valence-electron chi connectivity index (χ1n) is 9.77. The van der Waals surface area contributed by atoms with Gasteiger partial charge in [-0.25, -0.2) is 4.39 Å². The highest BCUT2D eigenvalue weighted by atomic mass is 19.1. The predicted molar refractivity (Wildman–Crippen MR) is 107 cm³/mol. The minimum atomic E-state index is -0.204. The van der Waals surface area contributed by atoms with E-state index in [-0.39, 0.29) is 5.82 Å². The number of rotatable bonds is 5. The number of likely N-dealkylation sites (tertiary alicyclic amines) is 1. The van der Waals surface area contributed by atoms with Crippen molar-refractivity contribution in [2.45, 2.75) is 31.6 Å². The molecule has 1 N–H and O–H groups in total. The third kappa shape index (κ3) is 4.11. The number of hydrogen-bond donors (Lipinski definition) is 1. The van der Waals surface area contributed by atoms with Crippen molar-refractivity contribution in [3.8, 4) is 11.1 Å². The molecule has 0 saturated carbocycles. The molecule has 27 heavy (non-hydrogen) atoms. The van der Waals surface area contributed by atoms with Gasteiger partial charge in [0, 0.05) is 23.7 Å². The summed E-state index contributed by atoms with van der Waals surface area (Å²) in [7, 11) is 0. The molecule has 4 heteroatoms. The summed E-state index contributed by atoms with van der Waals surface area (Å²) in [6, 6.07) is 17.5. The summed E-state index contributed by atoms with van der Waals surface area (Å²) in [5.74, 6) is 0.788.